The Morgan fingerprint density at radius 1 is 1.21 bits per heavy atom. The Bertz CT molecular complexity index is 758. The molecule has 0 saturated heterocycles. The maximum Gasteiger partial charge on any atom is 0.367 e. The minimum atomic E-state index is -0.628. The van der Waals surface area contributed by atoms with Crippen LogP contribution in [0.3, 0.4) is 0 Å². The van der Waals surface area contributed by atoms with E-state index in [0.29, 0.717) is 11.4 Å². The fraction of sp³-hybridized carbons (Fsp3) is 0.500. The van der Waals surface area contributed by atoms with E-state index in [4.69, 9.17) is 22.2 Å². The molecule has 5 nitrogen and oxygen atoms in total. The normalized spacial score (nSPS) is 32.1. The number of oxime groups is 1. The zero-order valence-corrected chi connectivity index (χ0v) is 14.8. The average Bonchev–Trinajstić information content (AvgIpc) is 2.83. The Morgan fingerprint density at radius 3 is 2.46 bits per heavy atom. The van der Waals surface area contributed by atoms with Crippen LogP contribution in [-0.2, 0) is 9.63 Å². The molecule has 2 N–H and O–H groups in total. The van der Waals surface area contributed by atoms with Crippen molar-refractivity contribution in [2.24, 2.45) is 27.1 Å². The summed E-state index contributed by atoms with van der Waals surface area (Å²) in [6, 6.07) is 6.65. The lowest BCUT2D eigenvalue weighted by Crippen LogP contribution is -2.44. The first-order valence-corrected chi connectivity index (χ1v) is 8.37. The third-order valence-corrected chi connectivity index (χ3v) is 6.87. The van der Waals surface area contributed by atoms with Gasteiger partial charge in [-0.25, -0.2) is 4.79 Å². The first-order chi connectivity index (χ1) is 11.2. The monoisotopic (exact) mass is 348 g/mol. The number of benzene rings is 1. The lowest BCUT2D eigenvalue weighted by molar-refractivity contribution is -0.132. The van der Waals surface area contributed by atoms with E-state index in [0.717, 1.165) is 18.6 Å². The fourth-order valence-electron chi connectivity index (χ4n) is 4.34. The van der Waals surface area contributed by atoms with Crippen molar-refractivity contribution in [3.8, 4) is 0 Å². The molecule has 2 aliphatic carbocycles. The summed E-state index contributed by atoms with van der Waals surface area (Å²) in [4.78, 5) is 29.5. The van der Waals surface area contributed by atoms with Gasteiger partial charge in [0.1, 0.15) is 0 Å². The summed E-state index contributed by atoms with van der Waals surface area (Å²) in [6.45, 7) is 6.15. The van der Waals surface area contributed by atoms with Crippen molar-refractivity contribution in [1.29, 1.82) is 0 Å². The first kappa shape index (κ1) is 17.0. The molecule has 3 rings (SSSR count). The number of fused-ring (bicyclic) bond motifs is 2. The predicted molar refractivity (Wildman–Crippen MR) is 91.7 cm³/mol. The zero-order chi connectivity index (χ0) is 17.8. The van der Waals surface area contributed by atoms with E-state index >= 15 is 0 Å². The summed E-state index contributed by atoms with van der Waals surface area (Å²) in [5.41, 5.74) is 5.42. The van der Waals surface area contributed by atoms with Gasteiger partial charge in [-0.3, -0.25) is 4.79 Å². The van der Waals surface area contributed by atoms with E-state index in [9.17, 15) is 9.59 Å². The highest BCUT2D eigenvalue weighted by molar-refractivity contribution is 6.33. The lowest BCUT2D eigenvalue weighted by Gasteiger charge is -2.38. The van der Waals surface area contributed by atoms with Crippen LogP contribution in [0.15, 0.2) is 29.4 Å². The lowest BCUT2D eigenvalue weighted by atomic mass is 9.64. The summed E-state index contributed by atoms with van der Waals surface area (Å²) in [5, 5.41) is 4.43. The Balaban J connectivity index is 1.89. The minimum Gasteiger partial charge on any atom is -0.369 e. The van der Waals surface area contributed by atoms with E-state index in [2.05, 4.69) is 12.1 Å². The van der Waals surface area contributed by atoms with E-state index in [-0.39, 0.29) is 22.3 Å². The molecule has 0 aliphatic heterocycles. The van der Waals surface area contributed by atoms with Crippen LogP contribution >= 0.6 is 11.6 Å². The van der Waals surface area contributed by atoms with Gasteiger partial charge in [0.05, 0.1) is 21.7 Å². The molecule has 128 valence electrons. The van der Waals surface area contributed by atoms with Gasteiger partial charge in [-0.1, -0.05) is 49.7 Å². The van der Waals surface area contributed by atoms with Crippen molar-refractivity contribution in [3.63, 3.8) is 0 Å². The third kappa shape index (κ3) is 2.04. The summed E-state index contributed by atoms with van der Waals surface area (Å²) in [6.07, 6.45) is 1.97. The van der Waals surface area contributed by atoms with Gasteiger partial charge < -0.3 is 10.6 Å². The molecular weight excluding hydrogens is 328 g/mol. The van der Waals surface area contributed by atoms with Crippen LogP contribution in [-0.4, -0.2) is 17.6 Å². The van der Waals surface area contributed by atoms with Gasteiger partial charge >= 0.3 is 5.97 Å². The van der Waals surface area contributed by atoms with E-state index in [1.54, 1.807) is 24.3 Å². The largest absolute Gasteiger partial charge is 0.369 e. The number of nitrogens with zero attached hydrogens (tertiary/aromatic N) is 1. The number of carbonyl (C=O) groups excluding carboxylic acids is 2. The third-order valence-electron chi connectivity index (χ3n) is 6.54. The van der Waals surface area contributed by atoms with Crippen LogP contribution in [0.25, 0.3) is 0 Å². The van der Waals surface area contributed by atoms with Gasteiger partial charge in [-0.2, -0.15) is 0 Å². The maximum atomic E-state index is 12.2. The van der Waals surface area contributed by atoms with Crippen molar-refractivity contribution >= 4 is 29.2 Å². The van der Waals surface area contributed by atoms with Gasteiger partial charge in [0.2, 0.25) is 5.91 Å². The van der Waals surface area contributed by atoms with Crippen LogP contribution in [0.4, 0.5) is 0 Å². The highest BCUT2D eigenvalue weighted by Gasteiger charge is 2.71. The van der Waals surface area contributed by atoms with E-state index in [1.165, 1.54) is 0 Å². The Morgan fingerprint density at radius 2 is 1.88 bits per heavy atom. The molecule has 6 heteroatoms. The van der Waals surface area contributed by atoms with Crippen molar-refractivity contribution in [1.82, 2.24) is 0 Å². The standard InChI is InChI=1S/C18H21ClN2O3/c1-16(2)17(3)8-9-18(16,15(20)23)10-13(17)21-24-14(22)11-6-4-5-7-12(11)19/h4-7H,8-10H2,1-3H3,(H2,20,23). The van der Waals surface area contributed by atoms with E-state index in [1.807, 2.05) is 13.8 Å². The first-order valence-electron chi connectivity index (χ1n) is 7.99. The molecule has 2 aliphatic rings. The van der Waals surface area contributed by atoms with Crippen molar-refractivity contribution in [2.75, 3.05) is 0 Å². The second-order valence-corrected chi connectivity index (χ2v) is 7.88. The summed E-state index contributed by atoms with van der Waals surface area (Å²) in [7, 11) is 0. The number of amides is 1. The molecule has 0 radical (unpaired) electrons. The molecule has 0 heterocycles. The van der Waals surface area contributed by atoms with Crippen molar-refractivity contribution in [2.45, 2.75) is 40.0 Å². The summed E-state index contributed by atoms with van der Waals surface area (Å²) >= 11 is 6.00. The molecule has 2 bridgehead atoms. The minimum absolute atomic E-state index is 0.265. The van der Waals surface area contributed by atoms with Crippen LogP contribution in [0.5, 0.6) is 0 Å². The Hall–Kier alpha value is -1.88. The fourth-order valence-corrected chi connectivity index (χ4v) is 4.55. The Labute approximate surface area is 146 Å². The molecule has 2 unspecified atom stereocenters. The summed E-state index contributed by atoms with van der Waals surface area (Å²) in [5.74, 6) is -0.913. The molecule has 1 amide bonds. The number of hydrogen-bond donors (Lipinski definition) is 1. The highest BCUT2D eigenvalue weighted by Crippen LogP contribution is 2.70. The SMILES string of the molecule is CC12CCC(C(N)=O)(CC1=NOC(=O)c1ccccc1Cl)C2(C)C. The highest BCUT2D eigenvalue weighted by atomic mass is 35.5. The van der Waals surface area contributed by atoms with Crippen molar-refractivity contribution < 1.29 is 14.4 Å². The number of rotatable bonds is 3. The topological polar surface area (TPSA) is 81.8 Å². The second-order valence-electron chi connectivity index (χ2n) is 7.48. The van der Waals surface area contributed by atoms with Gasteiger partial charge in [-0.15, -0.1) is 0 Å². The molecule has 0 spiro atoms. The predicted octanol–water partition coefficient (Wildman–Crippen LogP) is 3.55. The molecule has 1 aromatic rings. The molecule has 1 aromatic carbocycles. The van der Waals surface area contributed by atoms with Gasteiger partial charge in [0, 0.05) is 11.8 Å². The van der Waals surface area contributed by atoms with Gasteiger partial charge in [0.15, 0.2) is 0 Å². The van der Waals surface area contributed by atoms with Crippen LogP contribution < -0.4 is 5.73 Å². The smallest absolute Gasteiger partial charge is 0.367 e. The number of carbonyl (C=O) groups is 2. The number of hydrogen-bond acceptors (Lipinski definition) is 4. The molecule has 24 heavy (non-hydrogen) atoms. The molecule has 2 saturated carbocycles. The van der Waals surface area contributed by atoms with Gasteiger partial charge in [-0.05, 0) is 30.4 Å². The summed E-state index contributed by atoms with van der Waals surface area (Å²) < 4.78 is 0. The molecule has 0 aromatic heterocycles. The average molecular weight is 349 g/mol. The van der Waals surface area contributed by atoms with E-state index < -0.39 is 11.4 Å². The van der Waals surface area contributed by atoms with Crippen LogP contribution in [0.1, 0.15) is 50.4 Å². The Kier molecular flexibility index (Phi) is 3.75. The zero-order valence-electron chi connectivity index (χ0n) is 14.1. The number of nitrogens with two attached hydrogens (primary N) is 1. The maximum absolute atomic E-state index is 12.2. The van der Waals surface area contributed by atoms with Crippen LogP contribution in [0.2, 0.25) is 5.02 Å². The number of halogens is 1. The quantitative estimate of drug-likeness (QED) is 0.669. The second kappa shape index (κ2) is 5.31. The molecule has 2 atom stereocenters. The number of primary amides is 1. The molecular formula is C18H21ClN2O3. The van der Waals surface area contributed by atoms with Crippen LogP contribution in [0, 0.1) is 16.2 Å². The van der Waals surface area contributed by atoms with Crippen molar-refractivity contribution in [3.05, 3.63) is 34.9 Å². The van der Waals surface area contributed by atoms with Gasteiger partial charge in [0.25, 0.3) is 0 Å². The molecule has 2 fully saturated rings.